The highest BCUT2D eigenvalue weighted by Crippen LogP contribution is 2.22. The summed E-state index contributed by atoms with van der Waals surface area (Å²) in [7, 11) is -3.67. The van der Waals surface area contributed by atoms with E-state index in [-0.39, 0.29) is 10.5 Å². The van der Waals surface area contributed by atoms with E-state index in [2.05, 4.69) is 0 Å². The predicted molar refractivity (Wildman–Crippen MR) is 76.0 cm³/mol. The summed E-state index contributed by atoms with van der Waals surface area (Å²) in [5, 5.41) is -0.757. The number of halogens is 1. The molecule has 0 aliphatic heterocycles. The lowest BCUT2D eigenvalue weighted by molar-refractivity contribution is 0.107. The van der Waals surface area contributed by atoms with Gasteiger partial charge >= 0.3 is 0 Å². The number of carbonyl (C=O) groups excluding carboxylic acids is 1. The van der Waals surface area contributed by atoms with Gasteiger partial charge in [-0.3, -0.25) is 4.79 Å². The summed E-state index contributed by atoms with van der Waals surface area (Å²) in [6.45, 7) is 4.69. The molecule has 0 saturated carbocycles. The van der Waals surface area contributed by atoms with E-state index in [1.54, 1.807) is 12.1 Å². The van der Waals surface area contributed by atoms with Crippen molar-refractivity contribution in [1.82, 2.24) is 4.31 Å². The van der Waals surface area contributed by atoms with Crippen molar-refractivity contribution in [3.63, 3.8) is 0 Å². The first kappa shape index (κ1) is 16.1. The SMILES string of the molecule is CCCN(CCC)S(=O)(=O)c1ccccc1C(=O)Cl. The van der Waals surface area contributed by atoms with Crippen LogP contribution in [-0.2, 0) is 10.0 Å². The van der Waals surface area contributed by atoms with Gasteiger partial charge in [-0.25, -0.2) is 8.42 Å². The van der Waals surface area contributed by atoms with Gasteiger partial charge in [0.15, 0.2) is 0 Å². The van der Waals surface area contributed by atoms with E-state index in [4.69, 9.17) is 11.6 Å². The minimum Gasteiger partial charge on any atom is -0.276 e. The first-order valence-corrected chi connectivity index (χ1v) is 8.06. The molecular weight excluding hydrogens is 286 g/mol. The average Bonchev–Trinajstić information content (AvgIpc) is 2.38. The van der Waals surface area contributed by atoms with E-state index in [1.807, 2.05) is 13.8 Å². The summed E-state index contributed by atoms with van der Waals surface area (Å²) in [5.74, 6) is 0. The van der Waals surface area contributed by atoms with Gasteiger partial charge in [0.1, 0.15) is 0 Å². The minimum atomic E-state index is -3.67. The van der Waals surface area contributed by atoms with Crippen LogP contribution in [0.1, 0.15) is 37.0 Å². The number of hydrogen-bond donors (Lipinski definition) is 0. The van der Waals surface area contributed by atoms with Crippen LogP contribution in [-0.4, -0.2) is 31.1 Å². The molecule has 1 aromatic carbocycles. The van der Waals surface area contributed by atoms with Crippen LogP contribution in [0.4, 0.5) is 0 Å². The Morgan fingerprint density at radius 2 is 1.68 bits per heavy atom. The lowest BCUT2D eigenvalue weighted by Gasteiger charge is -2.21. The maximum absolute atomic E-state index is 12.6. The van der Waals surface area contributed by atoms with Gasteiger partial charge in [-0.1, -0.05) is 26.0 Å². The van der Waals surface area contributed by atoms with Gasteiger partial charge < -0.3 is 0 Å². The third-order valence-corrected chi connectivity index (χ3v) is 4.82. The standard InChI is InChI=1S/C13H18ClNO3S/c1-3-9-15(10-4-2)19(17,18)12-8-6-5-7-11(12)13(14)16/h5-8H,3-4,9-10H2,1-2H3. The van der Waals surface area contributed by atoms with Crippen LogP contribution in [0.25, 0.3) is 0 Å². The lowest BCUT2D eigenvalue weighted by atomic mass is 10.2. The molecule has 1 aromatic rings. The first-order valence-electron chi connectivity index (χ1n) is 6.24. The number of benzene rings is 1. The molecule has 1 rings (SSSR count). The van der Waals surface area contributed by atoms with E-state index < -0.39 is 15.3 Å². The second-order valence-electron chi connectivity index (χ2n) is 4.17. The largest absolute Gasteiger partial charge is 0.276 e. The summed E-state index contributed by atoms with van der Waals surface area (Å²) >= 11 is 5.45. The Bertz CT molecular complexity index is 537. The van der Waals surface area contributed by atoms with Gasteiger partial charge in [-0.15, -0.1) is 0 Å². The number of sulfonamides is 1. The fourth-order valence-electron chi connectivity index (χ4n) is 1.84. The highest BCUT2D eigenvalue weighted by molar-refractivity contribution is 7.89. The van der Waals surface area contributed by atoms with Crippen LogP contribution in [0.2, 0.25) is 0 Å². The lowest BCUT2D eigenvalue weighted by Crippen LogP contribution is -2.33. The maximum atomic E-state index is 12.6. The molecule has 0 aliphatic carbocycles. The fourth-order valence-corrected chi connectivity index (χ4v) is 3.88. The maximum Gasteiger partial charge on any atom is 0.253 e. The predicted octanol–water partition coefficient (Wildman–Crippen LogP) is 2.88. The number of rotatable bonds is 7. The van der Waals surface area contributed by atoms with Crippen LogP contribution in [0.5, 0.6) is 0 Å². The molecule has 0 fully saturated rings. The van der Waals surface area contributed by atoms with Crippen LogP contribution < -0.4 is 0 Å². The smallest absolute Gasteiger partial charge is 0.253 e. The molecule has 4 nitrogen and oxygen atoms in total. The van der Waals surface area contributed by atoms with Gasteiger partial charge in [-0.2, -0.15) is 4.31 Å². The number of nitrogens with zero attached hydrogens (tertiary/aromatic N) is 1. The summed E-state index contributed by atoms with van der Waals surface area (Å²) in [4.78, 5) is 11.3. The molecule has 106 valence electrons. The first-order chi connectivity index (χ1) is 8.95. The van der Waals surface area contributed by atoms with E-state index >= 15 is 0 Å². The molecule has 0 bridgehead atoms. The monoisotopic (exact) mass is 303 g/mol. The van der Waals surface area contributed by atoms with Crippen LogP contribution in [0, 0.1) is 0 Å². The van der Waals surface area contributed by atoms with Gasteiger partial charge in [0.25, 0.3) is 5.24 Å². The van der Waals surface area contributed by atoms with Crippen molar-refractivity contribution in [3.05, 3.63) is 29.8 Å². The summed E-state index contributed by atoms with van der Waals surface area (Å²) in [5.41, 5.74) is 0.0290. The van der Waals surface area contributed by atoms with E-state index in [1.165, 1.54) is 16.4 Å². The highest BCUT2D eigenvalue weighted by Gasteiger charge is 2.27. The Hall–Kier alpha value is -0.910. The van der Waals surface area contributed by atoms with Crippen molar-refractivity contribution in [2.75, 3.05) is 13.1 Å². The quantitative estimate of drug-likeness (QED) is 0.728. The summed E-state index contributed by atoms with van der Waals surface area (Å²) in [6, 6.07) is 6.03. The van der Waals surface area contributed by atoms with Crippen molar-refractivity contribution in [2.45, 2.75) is 31.6 Å². The zero-order valence-corrected chi connectivity index (χ0v) is 12.7. The molecule has 19 heavy (non-hydrogen) atoms. The van der Waals surface area contributed by atoms with Gasteiger partial charge in [0.05, 0.1) is 10.5 Å². The third kappa shape index (κ3) is 3.78. The molecule has 0 N–H and O–H groups in total. The normalized spacial score (nSPS) is 11.8. The molecule has 0 atom stereocenters. The van der Waals surface area contributed by atoms with Crippen LogP contribution in [0.15, 0.2) is 29.2 Å². The fraction of sp³-hybridized carbons (Fsp3) is 0.462. The zero-order valence-electron chi connectivity index (χ0n) is 11.1. The van der Waals surface area contributed by atoms with Crippen molar-refractivity contribution in [1.29, 1.82) is 0 Å². The van der Waals surface area contributed by atoms with Gasteiger partial charge in [0.2, 0.25) is 10.0 Å². The average molecular weight is 304 g/mol. The Kier molecular flexibility index (Phi) is 5.97. The number of hydrogen-bond acceptors (Lipinski definition) is 3. The zero-order chi connectivity index (χ0) is 14.5. The van der Waals surface area contributed by atoms with Crippen LogP contribution in [0.3, 0.4) is 0 Å². The van der Waals surface area contributed by atoms with E-state index in [0.29, 0.717) is 13.1 Å². The van der Waals surface area contributed by atoms with Crippen molar-refractivity contribution in [3.8, 4) is 0 Å². The molecule has 0 heterocycles. The van der Waals surface area contributed by atoms with E-state index in [9.17, 15) is 13.2 Å². The minimum absolute atomic E-state index is 0.0168. The second-order valence-corrected chi connectivity index (χ2v) is 6.42. The molecule has 0 spiro atoms. The summed E-state index contributed by atoms with van der Waals surface area (Å²) < 4.78 is 26.5. The molecule has 0 unspecified atom stereocenters. The Labute approximate surface area is 119 Å². The number of carbonyl (C=O) groups is 1. The summed E-state index contributed by atoms with van der Waals surface area (Å²) in [6.07, 6.45) is 1.44. The van der Waals surface area contributed by atoms with E-state index in [0.717, 1.165) is 12.8 Å². The Balaban J connectivity index is 3.29. The highest BCUT2D eigenvalue weighted by atomic mass is 35.5. The Morgan fingerprint density at radius 3 is 2.16 bits per heavy atom. The molecule has 0 amide bonds. The van der Waals surface area contributed by atoms with Crippen molar-refractivity contribution >= 4 is 26.9 Å². The van der Waals surface area contributed by atoms with Gasteiger partial charge in [-0.05, 0) is 36.6 Å². The second kappa shape index (κ2) is 7.03. The van der Waals surface area contributed by atoms with Gasteiger partial charge in [0, 0.05) is 13.1 Å². The molecule has 0 aromatic heterocycles. The topological polar surface area (TPSA) is 54.5 Å². The molecule has 0 aliphatic rings. The third-order valence-electron chi connectivity index (χ3n) is 2.66. The molecule has 6 heteroatoms. The molecule has 0 saturated heterocycles. The van der Waals surface area contributed by atoms with Crippen molar-refractivity contribution < 1.29 is 13.2 Å². The molecule has 0 radical (unpaired) electrons. The Morgan fingerprint density at radius 1 is 1.16 bits per heavy atom. The van der Waals surface area contributed by atoms with Crippen LogP contribution >= 0.6 is 11.6 Å². The van der Waals surface area contributed by atoms with Crippen molar-refractivity contribution in [2.24, 2.45) is 0 Å². The molecular formula is C13H18ClNO3S.